The van der Waals surface area contributed by atoms with Crippen LogP contribution in [0.2, 0.25) is 0 Å². The topological polar surface area (TPSA) is 72.7 Å². The van der Waals surface area contributed by atoms with Gasteiger partial charge < -0.3 is 5.32 Å². The molecular formula is C15H17F2N5O. The van der Waals surface area contributed by atoms with Gasteiger partial charge in [-0.1, -0.05) is 19.3 Å². The van der Waals surface area contributed by atoms with Crippen LogP contribution in [0.4, 0.5) is 8.78 Å². The Kier molecular flexibility index (Phi) is 4.59. The van der Waals surface area contributed by atoms with Crippen molar-refractivity contribution in [3.63, 3.8) is 0 Å². The molecule has 1 amide bonds. The number of nitrogens with one attached hydrogen (secondary N) is 1. The number of nitrogens with zero attached hydrogens (tertiary/aromatic N) is 4. The molecule has 3 rings (SSSR count). The first kappa shape index (κ1) is 15.5. The number of amides is 1. The Labute approximate surface area is 131 Å². The molecule has 1 aromatic heterocycles. The molecule has 1 aliphatic rings. The summed E-state index contributed by atoms with van der Waals surface area (Å²) in [4.78, 5) is 12.0. The molecule has 0 aliphatic heterocycles. The Morgan fingerprint density at radius 1 is 1.22 bits per heavy atom. The van der Waals surface area contributed by atoms with Gasteiger partial charge in [0.25, 0.3) is 5.91 Å². The van der Waals surface area contributed by atoms with Gasteiger partial charge in [0.2, 0.25) is 0 Å². The lowest BCUT2D eigenvalue weighted by molar-refractivity contribution is 0.0948. The maximum absolute atomic E-state index is 13.2. The zero-order valence-corrected chi connectivity index (χ0v) is 12.5. The Morgan fingerprint density at radius 3 is 2.74 bits per heavy atom. The number of aromatic nitrogens is 4. The van der Waals surface area contributed by atoms with E-state index in [1.165, 1.54) is 12.5 Å². The highest BCUT2D eigenvalue weighted by molar-refractivity contribution is 5.94. The van der Waals surface area contributed by atoms with Crippen LogP contribution >= 0.6 is 0 Å². The fourth-order valence-corrected chi connectivity index (χ4v) is 2.84. The minimum absolute atomic E-state index is 0.0561. The summed E-state index contributed by atoms with van der Waals surface area (Å²) < 4.78 is 27.8. The largest absolute Gasteiger partial charge is 0.345 e. The van der Waals surface area contributed by atoms with E-state index in [4.69, 9.17) is 0 Å². The van der Waals surface area contributed by atoms with Crippen molar-refractivity contribution >= 4 is 5.91 Å². The average Bonchev–Trinajstić information content (AvgIpc) is 3.04. The van der Waals surface area contributed by atoms with Crippen LogP contribution in [0.15, 0.2) is 18.2 Å². The van der Waals surface area contributed by atoms with Crippen molar-refractivity contribution in [2.45, 2.75) is 44.7 Å². The third-order valence-electron chi connectivity index (χ3n) is 4.07. The molecule has 0 atom stereocenters. The third kappa shape index (κ3) is 3.52. The van der Waals surface area contributed by atoms with Crippen LogP contribution in [0.25, 0.3) is 0 Å². The fourth-order valence-electron chi connectivity index (χ4n) is 2.84. The average molecular weight is 321 g/mol. The molecule has 2 aromatic rings. The van der Waals surface area contributed by atoms with E-state index in [1.807, 2.05) is 0 Å². The monoisotopic (exact) mass is 321 g/mol. The summed E-state index contributed by atoms with van der Waals surface area (Å²) in [6.45, 7) is 0.140. The maximum atomic E-state index is 13.2. The number of carbonyl (C=O) groups excluding carboxylic acids is 1. The molecule has 6 nitrogen and oxygen atoms in total. The molecule has 0 radical (unpaired) electrons. The lowest BCUT2D eigenvalue weighted by atomic mass is 9.95. The highest BCUT2D eigenvalue weighted by atomic mass is 19.2. The Hall–Kier alpha value is -2.38. The van der Waals surface area contributed by atoms with E-state index in [1.54, 1.807) is 4.68 Å². The minimum atomic E-state index is -1.05. The normalized spacial score (nSPS) is 15.6. The van der Waals surface area contributed by atoms with Gasteiger partial charge in [-0.05, 0) is 41.5 Å². The van der Waals surface area contributed by atoms with Crippen molar-refractivity contribution < 1.29 is 13.6 Å². The summed E-state index contributed by atoms with van der Waals surface area (Å²) in [5.74, 6) is -1.97. The van der Waals surface area contributed by atoms with E-state index in [9.17, 15) is 13.6 Å². The van der Waals surface area contributed by atoms with E-state index < -0.39 is 17.5 Å². The van der Waals surface area contributed by atoms with Gasteiger partial charge in [-0.2, -0.15) is 0 Å². The molecule has 122 valence electrons. The van der Waals surface area contributed by atoms with Crippen molar-refractivity contribution in [3.8, 4) is 0 Å². The zero-order valence-electron chi connectivity index (χ0n) is 12.5. The predicted octanol–water partition coefficient (Wildman–Crippen LogP) is 2.39. The van der Waals surface area contributed by atoms with Gasteiger partial charge in [-0.3, -0.25) is 4.79 Å². The Balaban J connectivity index is 1.65. The highest BCUT2D eigenvalue weighted by Crippen LogP contribution is 2.27. The fraction of sp³-hybridized carbons (Fsp3) is 0.467. The van der Waals surface area contributed by atoms with Gasteiger partial charge >= 0.3 is 0 Å². The van der Waals surface area contributed by atoms with Gasteiger partial charge in [-0.25, -0.2) is 13.5 Å². The summed E-state index contributed by atoms with van der Waals surface area (Å²) >= 11 is 0. The number of hydrogen-bond acceptors (Lipinski definition) is 4. The summed E-state index contributed by atoms with van der Waals surface area (Å²) in [6.07, 6.45) is 5.56. The number of rotatable bonds is 4. The van der Waals surface area contributed by atoms with E-state index in [2.05, 4.69) is 20.8 Å². The first-order chi connectivity index (χ1) is 11.1. The minimum Gasteiger partial charge on any atom is -0.345 e. The van der Waals surface area contributed by atoms with Gasteiger partial charge in [0, 0.05) is 5.56 Å². The second-order valence-corrected chi connectivity index (χ2v) is 5.64. The van der Waals surface area contributed by atoms with Gasteiger partial charge in [-0.15, -0.1) is 5.10 Å². The predicted molar refractivity (Wildman–Crippen MR) is 77.5 cm³/mol. The van der Waals surface area contributed by atoms with Crippen LogP contribution in [0.1, 0.15) is 54.3 Å². The van der Waals surface area contributed by atoms with E-state index >= 15 is 0 Å². The first-order valence-electron chi connectivity index (χ1n) is 7.65. The number of tetrazole rings is 1. The van der Waals surface area contributed by atoms with E-state index in [-0.39, 0.29) is 18.2 Å². The molecule has 8 heteroatoms. The van der Waals surface area contributed by atoms with Crippen LogP contribution in [0.5, 0.6) is 0 Å². The van der Waals surface area contributed by atoms with Crippen LogP contribution in [0.3, 0.4) is 0 Å². The third-order valence-corrected chi connectivity index (χ3v) is 4.07. The summed E-state index contributed by atoms with van der Waals surface area (Å²) in [5.41, 5.74) is 0.0561. The van der Waals surface area contributed by atoms with Crippen LogP contribution in [0, 0.1) is 11.6 Å². The number of carbonyl (C=O) groups is 1. The molecule has 0 unspecified atom stereocenters. The molecule has 0 spiro atoms. The smallest absolute Gasteiger partial charge is 0.251 e. The van der Waals surface area contributed by atoms with Crippen molar-refractivity contribution in [3.05, 3.63) is 41.2 Å². The van der Waals surface area contributed by atoms with Crippen molar-refractivity contribution in [1.82, 2.24) is 25.5 Å². The van der Waals surface area contributed by atoms with Crippen molar-refractivity contribution in [2.75, 3.05) is 0 Å². The Bertz CT molecular complexity index is 697. The van der Waals surface area contributed by atoms with Crippen LogP contribution < -0.4 is 5.32 Å². The second kappa shape index (κ2) is 6.80. The number of halogens is 2. The molecular weight excluding hydrogens is 304 g/mol. The zero-order chi connectivity index (χ0) is 16.2. The quantitative estimate of drug-likeness (QED) is 0.938. The van der Waals surface area contributed by atoms with Crippen molar-refractivity contribution in [1.29, 1.82) is 0 Å². The molecule has 0 bridgehead atoms. The second-order valence-electron chi connectivity index (χ2n) is 5.64. The van der Waals surface area contributed by atoms with E-state index in [0.29, 0.717) is 5.82 Å². The summed E-state index contributed by atoms with van der Waals surface area (Å²) in [7, 11) is 0. The summed E-state index contributed by atoms with van der Waals surface area (Å²) in [6, 6.07) is 3.29. The molecule has 1 saturated carbocycles. The molecule has 1 aromatic carbocycles. The molecule has 23 heavy (non-hydrogen) atoms. The SMILES string of the molecule is O=C(NCc1nnnn1C1CCCCC1)c1ccc(F)c(F)c1. The highest BCUT2D eigenvalue weighted by Gasteiger charge is 2.20. The lowest BCUT2D eigenvalue weighted by Gasteiger charge is -2.22. The molecule has 0 saturated heterocycles. The maximum Gasteiger partial charge on any atom is 0.251 e. The first-order valence-corrected chi connectivity index (χ1v) is 7.65. The number of benzene rings is 1. The van der Waals surface area contributed by atoms with Gasteiger partial charge in [0.05, 0.1) is 12.6 Å². The van der Waals surface area contributed by atoms with Crippen LogP contribution in [-0.4, -0.2) is 26.1 Å². The molecule has 1 aliphatic carbocycles. The molecule has 1 fully saturated rings. The molecule has 1 heterocycles. The number of hydrogen-bond donors (Lipinski definition) is 1. The summed E-state index contributed by atoms with van der Waals surface area (Å²) in [5, 5.41) is 14.3. The lowest BCUT2D eigenvalue weighted by Crippen LogP contribution is -2.26. The molecule has 1 N–H and O–H groups in total. The van der Waals surface area contributed by atoms with Crippen molar-refractivity contribution in [2.24, 2.45) is 0 Å². The standard InChI is InChI=1S/C15H17F2N5O/c16-12-7-6-10(8-13(12)17)15(23)18-9-14-19-20-21-22(14)11-4-2-1-3-5-11/h6-8,11H,1-5,9H2,(H,18,23). The Morgan fingerprint density at radius 2 is 2.00 bits per heavy atom. The van der Waals surface area contributed by atoms with Gasteiger partial charge in [0.15, 0.2) is 17.5 Å². The van der Waals surface area contributed by atoms with Gasteiger partial charge in [0.1, 0.15) is 0 Å². The van der Waals surface area contributed by atoms with E-state index in [0.717, 1.165) is 37.8 Å². The van der Waals surface area contributed by atoms with Crippen LogP contribution in [-0.2, 0) is 6.54 Å².